The molecule has 1 atom stereocenters. The molecule has 0 saturated heterocycles. The number of carboxylic acid groups (broad SMARTS) is 1. The largest absolute Gasteiger partial charge is 0.480 e. The number of rotatable bonds is 6. The summed E-state index contributed by atoms with van der Waals surface area (Å²) in [5.74, 6) is -1.40. The third kappa shape index (κ3) is 4.45. The highest BCUT2D eigenvalue weighted by Gasteiger charge is 2.18. The van der Waals surface area contributed by atoms with Gasteiger partial charge in [0.25, 0.3) is 0 Å². The summed E-state index contributed by atoms with van der Waals surface area (Å²) in [6.45, 7) is 1.66. The Bertz CT molecular complexity index is 635. The highest BCUT2D eigenvalue weighted by molar-refractivity contribution is 5.82. The number of hydrogen-bond donors (Lipinski definition) is 2. The van der Waals surface area contributed by atoms with Gasteiger partial charge in [-0.15, -0.1) is 0 Å². The summed E-state index contributed by atoms with van der Waals surface area (Å²) in [5.41, 5.74) is 3.24. The lowest BCUT2D eigenvalue weighted by Crippen LogP contribution is -2.30. The molecule has 0 bridgehead atoms. The summed E-state index contributed by atoms with van der Waals surface area (Å²) in [5, 5.41) is 11.1. The van der Waals surface area contributed by atoms with E-state index in [0.717, 1.165) is 16.7 Å². The van der Waals surface area contributed by atoms with Crippen molar-refractivity contribution in [3.05, 3.63) is 71.3 Å². The van der Waals surface area contributed by atoms with Crippen molar-refractivity contribution >= 4 is 11.9 Å². The zero-order valence-corrected chi connectivity index (χ0v) is 12.5. The molecule has 0 aliphatic carbocycles. The first kappa shape index (κ1) is 15.8. The molecule has 2 rings (SSSR count). The molecule has 0 spiro atoms. The first-order valence-electron chi connectivity index (χ1n) is 7.16. The summed E-state index contributed by atoms with van der Waals surface area (Å²) in [4.78, 5) is 22.5. The van der Waals surface area contributed by atoms with Crippen LogP contribution in [-0.2, 0) is 9.59 Å². The highest BCUT2D eigenvalue weighted by atomic mass is 16.4. The van der Waals surface area contributed by atoms with E-state index in [0.29, 0.717) is 0 Å². The molecule has 0 unspecified atom stereocenters. The fourth-order valence-electron chi connectivity index (χ4n) is 2.34. The van der Waals surface area contributed by atoms with E-state index in [-0.39, 0.29) is 24.8 Å². The van der Waals surface area contributed by atoms with Gasteiger partial charge >= 0.3 is 5.97 Å². The number of aryl methyl sites for hydroxylation is 1. The van der Waals surface area contributed by atoms with Crippen LogP contribution in [0, 0.1) is 6.92 Å². The lowest BCUT2D eigenvalue weighted by atomic mass is 9.88. The van der Waals surface area contributed by atoms with Gasteiger partial charge in [-0.05, 0) is 18.1 Å². The second-order valence-corrected chi connectivity index (χ2v) is 5.25. The van der Waals surface area contributed by atoms with E-state index in [2.05, 4.69) is 5.32 Å². The molecule has 0 heterocycles. The lowest BCUT2D eigenvalue weighted by molar-refractivity contribution is -0.137. The summed E-state index contributed by atoms with van der Waals surface area (Å²) >= 11 is 0. The molecular weight excluding hydrogens is 278 g/mol. The van der Waals surface area contributed by atoms with E-state index in [1.807, 2.05) is 61.5 Å². The van der Waals surface area contributed by atoms with Crippen LogP contribution in [0.1, 0.15) is 29.0 Å². The van der Waals surface area contributed by atoms with Crippen LogP contribution in [0.4, 0.5) is 0 Å². The fraction of sp³-hybridized carbons (Fsp3) is 0.222. The Hall–Kier alpha value is -2.62. The molecule has 22 heavy (non-hydrogen) atoms. The zero-order chi connectivity index (χ0) is 15.9. The molecule has 0 aliphatic rings. The van der Waals surface area contributed by atoms with Gasteiger partial charge in [0.05, 0.1) is 0 Å². The number of carboxylic acids is 1. The Morgan fingerprint density at radius 1 is 1.00 bits per heavy atom. The second kappa shape index (κ2) is 7.41. The molecule has 0 radical (unpaired) electrons. The van der Waals surface area contributed by atoms with E-state index in [1.165, 1.54) is 0 Å². The molecule has 0 aliphatic heterocycles. The van der Waals surface area contributed by atoms with Crippen molar-refractivity contribution in [1.82, 2.24) is 5.32 Å². The molecule has 0 aromatic heterocycles. The SMILES string of the molecule is Cc1ccc([C@H](CC(=O)NCC(=O)O)c2ccccc2)cc1. The van der Waals surface area contributed by atoms with E-state index in [1.54, 1.807) is 0 Å². The summed E-state index contributed by atoms with van der Waals surface area (Å²) in [6.07, 6.45) is 0.223. The molecule has 0 fully saturated rings. The molecule has 1 amide bonds. The molecule has 0 saturated carbocycles. The lowest BCUT2D eigenvalue weighted by Gasteiger charge is -2.18. The Labute approximate surface area is 129 Å². The number of carbonyl (C=O) groups excluding carboxylic acids is 1. The Kier molecular flexibility index (Phi) is 5.31. The van der Waals surface area contributed by atoms with E-state index >= 15 is 0 Å². The van der Waals surface area contributed by atoms with Crippen molar-refractivity contribution in [2.24, 2.45) is 0 Å². The monoisotopic (exact) mass is 297 g/mol. The third-order valence-corrected chi connectivity index (χ3v) is 3.51. The summed E-state index contributed by atoms with van der Waals surface area (Å²) < 4.78 is 0. The Morgan fingerprint density at radius 2 is 1.59 bits per heavy atom. The molecule has 4 heteroatoms. The van der Waals surface area contributed by atoms with Gasteiger partial charge in [0.1, 0.15) is 6.54 Å². The zero-order valence-electron chi connectivity index (χ0n) is 12.5. The number of nitrogens with one attached hydrogen (secondary N) is 1. The first-order valence-corrected chi connectivity index (χ1v) is 7.16. The topological polar surface area (TPSA) is 66.4 Å². The number of benzene rings is 2. The summed E-state index contributed by atoms with van der Waals surface area (Å²) in [6, 6.07) is 17.8. The van der Waals surface area contributed by atoms with Gasteiger partial charge in [0.15, 0.2) is 0 Å². The number of hydrogen-bond acceptors (Lipinski definition) is 2. The van der Waals surface area contributed by atoms with Gasteiger partial charge in [0, 0.05) is 12.3 Å². The minimum absolute atomic E-state index is 0.0874. The van der Waals surface area contributed by atoms with Crippen molar-refractivity contribution in [2.45, 2.75) is 19.3 Å². The quantitative estimate of drug-likeness (QED) is 0.861. The fourth-order valence-corrected chi connectivity index (χ4v) is 2.34. The first-order chi connectivity index (χ1) is 10.6. The minimum Gasteiger partial charge on any atom is -0.480 e. The normalized spacial score (nSPS) is 11.7. The van der Waals surface area contributed by atoms with Gasteiger partial charge in [-0.25, -0.2) is 0 Å². The van der Waals surface area contributed by atoms with Crippen LogP contribution in [0.5, 0.6) is 0 Å². The van der Waals surface area contributed by atoms with Gasteiger partial charge < -0.3 is 10.4 Å². The van der Waals surface area contributed by atoms with E-state index < -0.39 is 5.97 Å². The Morgan fingerprint density at radius 3 is 2.18 bits per heavy atom. The number of aliphatic carboxylic acids is 1. The maximum absolute atomic E-state index is 12.0. The number of carbonyl (C=O) groups is 2. The predicted molar refractivity (Wildman–Crippen MR) is 84.7 cm³/mol. The average Bonchev–Trinajstić information content (AvgIpc) is 2.52. The van der Waals surface area contributed by atoms with Crippen LogP contribution in [0.15, 0.2) is 54.6 Å². The van der Waals surface area contributed by atoms with Crippen LogP contribution in [0.25, 0.3) is 0 Å². The van der Waals surface area contributed by atoms with Crippen molar-refractivity contribution in [1.29, 1.82) is 0 Å². The van der Waals surface area contributed by atoms with Gasteiger partial charge in [0.2, 0.25) is 5.91 Å². The summed E-state index contributed by atoms with van der Waals surface area (Å²) in [7, 11) is 0. The molecule has 114 valence electrons. The van der Waals surface area contributed by atoms with Crippen LogP contribution in [0.2, 0.25) is 0 Å². The standard InChI is InChI=1S/C18H19NO3/c1-13-7-9-15(10-8-13)16(14-5-3-2-4-6-14)11-17(20)19-12-18(21)22/h2-10,16H,11-12H2,1H3,(H,19,20)(H,21,22)/t16-/m1/s1. The third-order valence-electron chi connectivity index (χ3n) is 3.51. The minimum atomic E-state index is -1.04. The molecule has 2 aromatic carbocycles. The van der Waals surface area contributed by atoms with Crippen LogP contribution >= 0.6 is 0 Å². The molecular formula is C18H19NO3. The highest BCUT2D eigenvalue weighted by Crippen LogP contribution is 2.28. The molecule has 2 N–H and O–H groups in total. The van der Waals surface area contributed by atoms with E-state index in [4.69, 9.17) is 5.11 Å². The van der Waals surface area contributed by atoms with Gasteiger partial charge in [-0.2, -0.15) is 0 Å². The van der Waals surface area contributed by atoms with Crippen molar-refractivity contribution in [2.75, 3.05) is 6.54 Å². The van der Waals surface area contributed by atoms with Crippen LogP contribution in [0.3, 0.4) is 0 Å². The van der Waals surface area contributed by atoms with Crippen LogP contribution < -0.4 is 5.32 Å². The van der Waals surface area contributed by atoms with Crippen LogP contribution in [-0.4, -0.2) is 23.5 Å². The predicted octanol–water partition coefficient (Wildman–Crippen LogP) is 2.72. The smallest absolute Gasteiger partial charge is 0.322 e. The van der Waals surface area contributed by atoms with Crippen molar-refractivity contribution < 1.29 is 14.7 Å². The molecule has 4 nitrogen and oxygen atoms in total. The molecule has 2 aromatic rings. The second-order valence-electron chi connectivity index (χ2n) is 5.25. The van der Waals surface area contributed by atoms with Crippen molar-refractivity contribution in [3.63, 3.8) is 0 Å². The average molecular weight is 297 g/mol. The Balaban J connectivity index is 2.21. The van der Waals surface area contributed by atoms with Gasteiger partial charge in [-0.3, -0.25) is 9.59 Å². The maximum Gasteiger partial charge on any atom is 0.322 e. The van der Waals surface area contributed by atoms with Crippen molar-refractivity contribution in [3.8, 4) is 0 Å². The van der Waals surface area contributed by atoms with Gasteiger partial charge in [-0.1, -0.05) is 60.2 Å². The maximum atomic E-state index is 12.0. The van der Waals surface area contributed by atoms with E-state index in [9.17, 15) is 9.59 Å². The number of amides is 1.